The third-order valence-electron chi connectivity index (χ3n) is 5.65. The van der Waals surface area contributed by atoms with E-state index in [2.05, 4.69) is 126 Å². The van der Waals surface area contributed by atoms with Crippen LogP contribution in [0.5, 0.6) is 0 Å². The van der Waals surface area contributed by atoms with Gasteiger partial charge in [-0.05, 0) is 96.1 Å². The van der Waals surface area contributed by atoms with Crippen LogP contribution in [-0.2, 0) is 0 Å². The van der Waals surface area contributed by atoms with Gasteiger partial charge in [0.25, 0.3) is 0 Å². The van der Waals surface area contributed by atoms with Gasteiger partial charge >= 0.3 is 0 Å². The minimum atomic E-state index is -0.0260. The number of fused-ring (bicyclic) bond motifs is 2. The van der Waals surface area contributed by atoms with Crippen LogP contribution in [0.25, 0.3) is 21.5 Å². The maximum Gasteiger partial charge on any atom is -0.00304 e. The van der Waals surface area contributed by atoms with E-state index in [4.69, 9.17) is 0 Å². The highest BCUT2D eigenvalue weighted by molar-refractivity contribution is 7.67. The van der Waals surface area contributed by atoms with Gasteiger partial charge in [0.15, 0.2) is 0 Å². The first-order valence-electron chi connectivity index (χ1n) is 10.9. The lowest BCUT2D eigenvalue weighted by molar-refractivity contribution is 1.81. The van der Waals surface area contributed by atoms with Crippen molar-refractivity contribution in [1.29, 1.82) is 0 Å². The molecule has 0 unspecified atom stereocenters. The second kappa shape index (κ2) is 11.5. The summed E-state index contributed by atoms with van der Waals surface area (Å²) in [5, 5.41) is 12.1. The molecule has 0 saturated heterocycles. The molecule has 0 aliphatic heterocycles. The first-order valence-corrected chi connectivity index (χ1v) is 19.9. The average molecular weight is 496 g/mol. The van der Waals surface area contributed by atoms with Gasteiger partial charge in [-0.1, -0.05) is 104 Å². The van der Waals surface area contributed by atoms with Gasteiger partial charge in [0.05, 0.1) is 0 Å². The molecular formula is C28H36P4. The van der Waals surface area contributed by atoms with Crippen LogP contribution in [0.3, 0.4) is 0 Å². The highest BCUT2D eigenvalue weighted by atomic mass is 31.1. The van der Waals surface area contributed by atoms with Crippen molar-refractivity contribution in [2.45, 2.75) is 0 Å². The Morgan fingerprint density at radius 1 is 0.344 bits per heavy atom. The van der Waals surface area contributed by atoms with Crippen LogP contribution in [0.2, 0.25) is 0 Å². The molecular weight excluding hydrogens is 460 g/mol. The molecule has 0 spiro atoms. The fourth-order valence-corrected chi connectivity index (χ4v) is 8.59. The Morgan fingerprint density at radius 3 is 0.750 bits per heavy atom. The third-order valence-corrected chi connectivity index (χ3v) is 11.0. The van der Waals surface area contributed by atoms with Gasteiger partial charge in [0.2, 0.25) is 0 Å². The lowest BCUT2D eigenvalue weighted by atomic mass is 10.1. The fourth-order valence-electron chi connectivity index (χ4n) is 4.09. The monoisotopic (exact) mass is 496 g/mol. The molecule has 32 heavy (non-hydrogen) atoms. The topological polar surface area (TPSA) is 0 Å². The van der Waals surface area contributed by atoms with Gasteiger partial charge in [0.1, 0.15) is 0 Å². The standard InChI is InChI=1S/2C14H18P2/c2*1-15(2)12-9-5-7-11-8-6-10-13(14(11)12)16(3)4/h2*5-10H,1-4H3. The van der Waals surface area contributed by atoms with E-state index in [1.165, 1.54) is 21.5 Å². The van der Waals surface area contributed by atoms with Crippen molar-refractivity contribution < 1.29 is 0 Å². The summed E-state index contributed by atoms with van der Waals surface area (Å²) >= 11 is 0. The molecule has 0 aromatic heterocycles. The molecule has 4 aromatic rings. The van der Waals surface area contributed by atoms with Gasteiger partial charge in [-0.15, -0.1) is 0 Å². The highest BCUT2D eigenvalue weighted by Gasteiger charge is 2.11. The van der Waals surface area contributed by atoms with Crippen molar-refractivity contribution in [3.05, 3.63) is 72.8 Å². The van der Waals surface area contributed by atoms with Crippen molar-refractivity contribution in [3.8, 4) is 0 Å². The van der Waals surface area contributed by atoms with Gasteiger partial charge < -0.3 is 0 Å². The van der Waals surface area contributed by atoms with Crippen molar-refractivity contribution in [1.82, 2.24) is 0 Å². The Labute approximate surface area is 200 Å². The van der Waals surface area contributed by atoms with E-state index in [-0.39, 0.29) is 31.7 Å². The Hall–Kier alpha value is -0.880. The van der Waals surface area contributed by atoms with E-state index in [1.807, 2.05) is 0 Å². The van der Waals surface area contributed by atoms with Crippen molar-refractivity contribution in [3.63, 3.8) is 0 Å². The van der Waals surface area contributed by atoms with Crippen LogP contribution >= 0.6 is 31.7 Å². The molecule has 168 valence electrons. The molecule has 0 atom stereocenters. The van der Waals surface area contributed by atoms with Crippen molar-refractivity contribution in [2.75, 3.05) is 53.3 Å². The smallest absolute Gasteiger partial charge is 0.00304 e. The highest BCUT2D eigenvalue weighted by Crippen LogP contribution is 2.34. The van der Waals surface area contributed by atoms with Crippen LogP contribution in [0.4, 0.5) is 0 Å². The summed E-state index contributed by atoms with van der Waals surface area (Å²) in [6, 6.07) is 26.9. The van der Waals surface area contributed by atoms with E-state index in [1.54, 1.807) is 21.2 Å². The summed E-state index contributed by atoms with van der Waals surface area (Å²) in [7, 11) is -0.104. The molecule has 0 heterocycles. The lowest BCUT2D eigenvalue weighted by Gasteiger charge is -2.16. The number of rotatable bonds is 4. The zero-order valence-corrected chi connectivity index (χ0v) is 24.3. The molecule has 4 aromatic carbocycles. The predicted octanol–water partition coefficient (Wildman–Crippen LogP) is 7.15. The summed E-state index contributed by atoms with van der Waals surface area (Å²) in [5.74, 6) is 0. The second-order valence-corrected chi connectivity index (χ2v) is 18.0. The fraction of sp³-hybridized carbons (Fsp3) is 0.286. The molecule has 0 saturated carbocycles. The third kappa shape index (κ3) is 5.78. The predicted molar refractivity (Wildman–Crippen MR) is 162 cm³/mol. The first kappa shape index (κ1) is 25.7. The molecule has 4 rings (SSSR count). The van der Waals surface area contributed by atoms with Crippen LogP contribution in [-0.4, -0.2) is 53.3 Å². The maximum atomic E-state index is 2.34. The van der Waals surface area contributed by atoms with E-state index >= 15 is 0 Å². The van der Waals surface area contributed by atoms with Gasteiger partial charge in [-0.2, -0.15) is 0 Å². The van der Waals surface area contributed by atoms with E-state index < -0.39 is 0 Å². The summed E-state index contributed by atoms with van der Waals surface area (Å²) in [4.78, 5) is 0. The SMILES string of the molecule is CP(C)c1cccc2cccc(P(C)C)c12.CP(C)c1cccc2cccc(P(C)C)c12. The Bertz CT molecular complexity index is 1010. The van der Waals surface area contributed by atoms with Gasteiger partial charge in [-0.25, -0.2) is 0 Å². The summed E-state index contributed by atoms with van der Waals surface area (Å²) in [5.41, 5.74) is 0. The van der Waals surface area contributed by atoms with Crippen LogP contribution in [0, 0.1) is 0 Å². The Kier molecular flexibility index (Phi) is 9.25. The average Bonchev–Trinajstić information content (AvgIpc) is 2.77. The minimum Gasteiger partial charge on any atom is -0.0810 e. The molecule has 0 aliphatic carbocycles. The molecule has 0 radical (unpaired) electrons. The Morgan fingerprint density at radius 2 is 0.562 bits per heavy atom. The second-order valence-electron chi connectivity index (χ2n) is 8.88. The zero-order chi connectivity index (χ0) is 23.4. The Balaban J connectivity index is 0.000000181. The molecule has 4 heteroatoms. The number of benzene rings is 4. The van der Waals surface area contributed by atoms with Crippen LogP contribution < -0.4 is 21.2 Å². The first-order chi connectivity index (χ1) is 15.2. The van der Waals surface area contributed by atoms with Crippen molar-refractivity contribution >= 4 is 74.4 Å². The quantitative estimate of drug-likeness (QED) is 0.263. The maximum absolute atomic E-state index is 2.34. The normalized spacial score (nSPS) is 11.6. The minimum absolute atomic E-state index is 0.0260. The molecule has 0 N–H and O–H groups in total. The molecule has 0 nitrogen and oxygen atoms in total. The summed E-state index contributed by atoms with van der Waals surface area (Å²) in [6.07, 6.45) is 0. The van der Waals surface area contributed by atoms with Crippen molar-refractivity contribution in [2.24, 2.45) is 0 Å². The van der Waals surface area contributed by atoms with Gasteiger partial charge in [-0.3, -0.25) is 0 Å². The summed E-state index contributed by atoms with van der Waals surface area (Å²) in [6.45, 7) is 18.7. The zero-order valence-electron chi connectivity index (χ0n) is 20.7. The number of hydrogen-bond acceptors (Lipinski definition) is 0. The lowest BCUT2D eigenvalue weighted by Crippen LogP contribution is -2.11. The number of hydrogen-bond donors (Lipinski definition) is 0. The van der Waals surface area contributed by atoms with E-state index in [0.717, 1.165) is 0 Å². The molecule has 0 bridgehead atoms. The van der Waals surface area contributed by atoms with E-state index in [9.17, 15) is 0 Å². The van der Waals surface area contributed by atoms with Gasteiger partial charge in [0, 0.05) is 0 Å². The molecule has 0 aliphatic rings. The molecule has 0 fully saturated rings. The van der Waals surface area contributed by atoms with Crippen LogP contribution in [0.15, 0.2) is 72.8 Å². The molecule has 0 amide bonds. The van der Waals surface area contributed by atoms with E-state index in [0.29, 0.717) is 0 Å². The van der Waals surface area contributed by atoms with Crippen LogP contribution in [0.1, 0.15) is 0 Å². The summed E-state index contributed by atoms with van der Waals surface area (Å²) < 4.78 is 0. The largest absolute Gasteiger partial charge is 0.0810 e.